The highest BCUT2D eigenvalue weighted by Gasteiger charge is 2.47. The maximum Gasteiger partial charge on any atom is 0.164 e. The number of nitrogens with zero attached hydrogens (tertiary/aromatic N) is 3. The first kappa shape index (κ1) is 36.6. The molecule has 1 aliphatic rings. The molecule has 0 bridgehead atoms. The van der Waals surface area contributed by atoms with E-state index in [0.29, 0.717) is 17.5 Å². The summed E-state index contributed by atoms with van der Waals surface area (Å²) < 4.78 is 27.5. The zero-order valence-electron chi connectivity index (χ0n) is 32.3. The van der Waals surface area contributed by atoms with Crippen LogP contribution < -0.4 is 10.6 Å². The molecular weight excluding hydrogens is 737 g/mol. The van der Waals surface area contributed by atoms with Crippen molar-refractivity contribution in [2.24, 2.45) is 0 Å². The van der Waals surface area contributed by atoms with E-state index in [4.69, 9.17) is 15.0 Å². The Hall–Kier alpha value is -5.99. The minimum atomic E-state index is -2.64. The molecule has 278 valence electrons. The predicted octanol–water partition coefficient (Wildman–Crippen LogP) is 11.4. The van der Waals surface area contributed by atoms with Crippen molar-refractivity contribution in [1.82, 2.24) is 15.0 Å². The van der Waals surface area contributed by atoms with Crippen LogP contribution in [0.4, 0.5) is 0 Å². The summed E-state index contributed by atoms with van der Waals surface area (Å²) in [4.78, 5) is 15.3. The fourth-order valence-electron chi connectivity index (χ4n) is 8.13. The van der Waals surface area contributed by atoms with Crippen molar-refractivity contribution in [3.63, 3.8) is 0 Å². The summed E-state index contributed by atoms with van der Waals surface area (Å²) in [5, 5.41) is 1.63. The summed E-state index contributed by atoms with van der Waals surface area (Å²) in [6.07, 6.45) is 0. The standard InChI is InChI=1S/C50H41N3O2P2/c1-56(2,54)41-27-29-43-44-30-28-42(57(3,4)55)33-46(44)50(45(43)32-41,39-20-12-7-13-21-39)40-22-14-19-38(31-40)49-52-47(36-17-10-6-11-18-36)51-48(53-49)37-25-23-35(24-26-37)34-15-8-5-9-16-34/h5-33H,1-4H3. The molecule has 0 atom stereocenters. The molecule has 0 fully saturated rings. The molecule has 7 aromatic carbocycles. The van der Waals surface area contributed by atoms with Crippen LogP contribution in [0.5, 0.6) is 0 Å². The second-order valence-corrected chi connectivity index (χ2v) is 21.9. The molecule has 1 heterocycles. The molecular formula is C50H41N3O2P2. The average molecular weight is 778 g/mol. The molecule has 0 saturated heterocycles. The van der Waals surface area contributed by atoms with Crippen LogP contribution in [0.25, 0.3) is 56.4 Å². The Labute approximate surface area is 334 Å². The van der Waals surface area contributed by atoms with Gasteiger partial charge in [0, 0.05) is 27.3 Å². The molecule has 0 aliphatic heterocycles. The summed E-state index contributed by atoms with van der Waals surface area (Å²) in [5.74, 6) is 1.71. The number of hydrogen-bond donors (Lipinski definition) is 0. The fourth-order valence-corrected chi connectivity index (χ4v) is 9.88. The van der Waals surface area contributed by atoms with Crippen LogP contribution in [-0.2, 0) is 14.5 Å². The van der Waals surface area contributed by atoms with Crippen LogP contribution in [0.1, 0.15) is 22.3 Å². The van der Waals surface area contributed by atoms with Crippen molar-refractivity contribution in [1.29, 1.82) is 0 Å². The van der Waals surface area contributed by atoms with Gasteiger partial charge in [-0.05, 0) is 89.4 Å². The van der Waals surface area contributed by atoms with Crippen molar-refractivity contribution >= 4 is 24.9 Å². The van der Waals surface area contributed by atoms with Crippen molar-refractivity contribution in [3.05, 3.63) is 198 Å². The number of hydrogen-bond acceptors (Lipinski definition) is 5. The highest BCUT2D eigenvalue weighted by Crippen LogP contribution is 2.57. The second-order valence-electron chi connectivity index (χ2n) is 15.5. The highest BCUT2D eigenvalue weighted by atomic mass is 31.2. The van der Waals surface area contributed by atoms with E-state index in [9.17, 15) is 9.13 Å². The van der Waals surface area contributed by atoms with Crippen molar-refractivity contribution < 1.29 is 9.13 Å². The Morgan fingerprint density at radius 2 is 0.754 bits per heavy atom. The Bertz CT molecular complexity index is 2810. The molecule has 9 rings (SSSR count). The summed E-state index contributed by atoms with van der Waals surface area (Å²) in [5.41, 5.74) is 10.3. The minimum Gasteiger partial charge on any atom is -0.319 e. The van der Waals surface area contributed by atoms with E-state index in [1.54, 1.807) is 0 Å². The van der Waals surface area contributed by atoms with E-state index < -0.39 is 19.7 Å². The zero-order valence-corrected chi connectivity index (χ0v) is 34.1. The Morgan fingerprint density at radius 1 is 0.368 bits per heavy atom. The second kappa shape index (κ2) is 14.2. The average Bonchev–Trinajstić information content (AvgIpc) is 3.54. The van der Waals surface area contributed by atoms with E-state index in [2.05, 4.69) is 109 Å². The van der Waals surface area contributed by atoms with Crippen molar-refractivity contribution in [2.75, 3.05) is 26.7 Å². The molecule has 1 aromatic heterocycles. The van der Waals surface area contributed by atoms with Crippen LogP contribution in [0.15, 0.2) is 176 Å². The van der Waals surface area contributed by atoms with Gasteiger partial charge in [-0.2, -0.15) is 0 Å². The molecule has 0 spiro atoms. The van der Waals surface area contributed by atoms with Gasteiger partial charge in [0.15, 0.2) is 17.5 Å². The van der Waals surface area contributed by atoms with Crippen LogP contribution in [-0.4, -0.2) is 41.6 Å². The molecule has 57 heavy (non-hydrogen) atoms. The fraction of sp³-hybridized carbons (Fsp3) is 0.100. The maximum absolute atomic E-state index is 13.7. The highest BCUT2D eigenvalue weighted by molar-refractivity contribution is 7.70. The van der Waals surface area contributed by atoms with E-state index >= 15 is 0 Å². The quantitative estimate of drug-likeness (QED) is 0.144. The summed E-state index contributed by atoms with van der Waals surface area (Å²) >= 11 is 0. The first-order valence-corrected chi connectivity index (χ1v) is 24.2. The largest absolute Gasteiger partial charge is 0.319 e. The monoisotopic (exact) mass is 777 g/mol. The lowest BCUT2D eigenvalue weighted by Crippen LogP contribution is -2.30. The summed E-state index contributed by atoms with van der Waals surface area (Å²) in [6.45, 7) is 7.29. The third-order valence-electron chi connectivity index (χ3n) is 11.0. The normalized spacial score (nSPS) is 13.2. The van der Waals surface area contributed by atoms with Gasteiger partial charge in [0.1, 0.15) is 14.3 Å². The number of rotatable bonds is 8. The third kappa shape index (κ3) is 6.61. The van der Waals surface area contributed by atoms with Crippen molar-refractivity contribution in [2.45, 2.75) is 5.41 Å². The topological polar surface area (TPSA) is 72.8 Å². The maximum atomic E-state index is 13.7. The van der Waals surface area contributed by atoms with Gasteiger partial charge in [-0.15, -0.1) is 0 Å². The Balaban J connectivity index is 1.29. The lowest BCUT2D eigenvalue weighted by atomic mass is 9.67. The minimum absolute atomic E-state index is 0.551. The van der Waals surface area contributed by atoms with Gasteiger partial charge in [-0.1, -0.05) is 158 Å². The predicted molar refractivity (Wildman–Crippen MR) is 237 cm³/mol. The third-order valence-corrected chi connectivity index (χ3v) is 14.1. The number of fused-ring (bicyclic) bond motifs is 3. The molecule has 0 N–H and O–H groups in total. The summed E-state index contributed by atoms with van der Waals surface area (Å²) in [6, 6.07) is 60.1. The van der Waals surface area contributed by atoms with Crippen LogP contribution >= 0.6 is 14.3 Å². The zero-order chi connectivity index (χ0) is 39.4. The Morgan fingerprint density at radius 3 is 1.26 bits per heavy atom. The molecule has 8 aromatic rings. The lowest BCUT2D eigenvalue weighted by Gasteiger charge is -2.35. The molecule has 0 unspecified atom stereocenters. The van der Waals surface area contributed by atoms with Crippen molar-refractivity contribution in [3.8, 4) is 56.4 Å². The molecule has 7 heteroatoms. The van der Waals surface area contributed by atoms with Gasteiger partial charge in [0.05, 0.1) is 5.41 Å². The Kier molecular flexibility index (Phi) is 9.12. The van der Waals surface area contributed by atoms with Crippen LogP contribution in [0.2, 0.25) is 0 Å². The summed E-state index contributed by atoms with van der Waals surface area (Å²) in [7, 11) is -5.28. The molecule has 0 radical (unpaired) electrons. The van der Waals surface area contributed by atoms with E-state index in [1.807, 2.05) is 93.4 Å². The molecule has 5 nitrogen and oxygen atoms in total. The van der Waals surface area contributed by atoms with Gasteiger partial charge in [0.25, 0.3) is 0 Å². The van der Waals surface area contributed by atoms with E-state index in [0.717, 1.165) is 71.8 Å². The van der Waals surface area contributed by atoms with E-state index in [1.165, 1.54) is 0 Å². The van der Waals surface area contributed by atoms with Gasteiger partial charge < -0.3 is 9.13 Å². The van der Waals surface area contributed by atoms with Gasteiger partial charge in [-0.3, -0.25) is 0 Å². The van der Waals surface area contributed by atoms with Gasteiger partial charge in [-0.25, -0.2) is 15.0 Å². The SMILES string of the molecule is CP(C)(=O)c1ccc2c(c1)C(c1ccccc1)(c1cccc(-c3nc(-c4ccccc4)nc(-c4ccc(-c5ccccc5)cc4)n3)c1)c1cc(P(C)(C)=O)ccc1-2. The smallest absolute Gasteiger partial charge is 0.164 e. The van der Waals surface area contributed by atoms with Crippen LogP contribution in [0.3, 0.4) is 0 Å². The lowest BCUT2D eigenvalue weighted by molar-refractivity contribution is 0.587. The van der Waals surface area contributed by atoms with Crippen LogP contribution in [0, 0.1) is 0 Å². The first-order valence-electron chi connectivity index (χ1n) is 19.0. The van der Waals surface area contributed by atoms with Gasteiger partial charge in [0.2, 0.25) is 0 Å². The number of aromatic nitrogens is 3. The number of benzene rings is 7. The molecule has 0 amide bonds. The van der Waals surface area contributed by atoms with Gasteiger partial charge >= 0.3 is 0 Å². The van der Waals surface area contributed by atoms with E-state index in [-0.39, 0.29) is 0 Å². The first-order chi connectivity index (χ1) is 27.5. The molecule has 1 aliphatic carbocycles. The molecule has 0 saturated carbocycles.